The van der Waals surface area contributed by atoms with E-state index in [2.05, 4.69) is 88.2 Å². The third kappa shape index (κ3) is 3.13. The van der Waals surface area contributed by atoms with Gasteiger partial charge in [-0.1, -0.05) is 30.3 Å². The highest BCUT2D eigenvalue weighted by molar-refractivity contribution is 7.18. The molecule has 0 radical (unpaired) electrons. The molecule has 2 aromatic heterocycles. The molecular formula is C24H20N4S. The van der Waals surface area contributed by atoms with Crippen LogP contribution in [0.25, 0.3) is 38.4 Å². The van der Waals surface area contributed by atoms with Crippen LogP contribution >= 0.6 is 11.3 Å². The lowest BCUT2D eigenvalue weighted by Gasteiger charge is -2.15. The number of hydrogen-bond donors (Lipinski definition) is 0. The van der Waals surface area contributed by atoms with Crippen LogP contribution in [0, 0.1) is 20.8 Å². The summed E-state index contributed by atoms with van der Waals surface area (Å²) in [5.74, 6) is 0.830. The Kier molecular flexibility index (Phi) is 4.25. The molecule has 0 N–H and O–H groups in total. The molecule has 0 aliphatic carbocycles. The van der Waals surface area contributed by atoms with E-state index >= 15 is 0 Å². The minimum absolute atomic E-state index is 0.830. The monoisotopic (exact) mass is 396 g/mol. The van der Waals surface area contributed by atoms with Gasteiger partial charge in [-0.2, -0.15) is 0 Å². The summed E-state index contributed by atoms with van der Waals surface area (Å²) < 4.78 is 3.27. The third-order valence-electron chi connectivity index (χ3n) is 5.14. The third-order valence-corrected chi connectivity index (χ3v) is 6.09. The topological polar surface area (TPSA) is 43.6 Å². The van der Waals surface area contributed by atoms with E-state index in [-0.39, 0.29) is 0 Å². The summed E-state index contributed by atoms with van der Waals surface area (Å²) >= 11 is 1.71. The molecule has 2 heterocycles. The number of rotatable bonds is 3. The average Bonchev–Trinajstić information content (AvgIpc) is 3.33. The second-order valence-corrected chi connectivity index (χ2v) is 8.50. The number of fused-ring (bicyclic) bond motifs is 1. The van der Waals surface area contributed by atoms with Crippen LogP contribution in [0.5, 0.6) is 0 Å². The Balaban J connectivity index is 1.63. The highest BCUT2D eigenvalue weighted by Gasteiger charge is 2.15. The Morgan fingerprint density at radius 2 is 1.55 bits per heavy atom. The van der Waals surface area contributed by atoms with Crippen LogP contribution in [-0.2, 0) is 0 Å². The van der Waals surface area contributed by atoms with Crippen LogP contribution in [0.2, 0.25) is 0 Å². The Labute approximate surface area is 173 Å². The highest BCUT2D eigenvalue weighted by Crippen LogP contribution is 2.32. The molecule has 0 atom stereocenters. The van der Waals surface area contributed by atoms with Crippen LogP contribution in [0.15, 0.2) is 67.0 Å². The molecule has 142 valence electrons. The van der Waals surface area contributed by atoms with Crippen LogP contribution < -0.4 is 0 Å². The van der Waals surface area contributed by atoms with Crippen molar-refractivity contribution in [1.82, 2.24) is 19.7 Å². The molecule has 0 saturated heterocycles. The first-order chi connectivity index (χ1) is 14.1. The van der Waals surface area contributed by atoms with Crippen molar-refractivity contribution < 1.29 is 0 Å². The lowest BCUT2D eigenvalue weighted by Crippen LogP contribution is -2.02. The number of aryl methyl sites for hydroxylation is 3. The second kappa shape index (κ2) is 6.94. The molecule has 29 heavy (non-hydrogen) atoms. The van der Waals surface area contributed by atoms with Crippen molar-refractivity contribution in [2.75, 3.05) is 0 Å². The van der Waals surface area contributed by atoms with Gasteiger partial charge in [-0.15, -0.1) is 21.5 Å². The maximum absolute atomic E-state index is 4.63. The van der Waals surface area contributed by atoms with Crippen molar-refractivity contribution in [2.24, 2.45) is 0 Å². The second-order valence-electron chi connectivity index (χ2n) is 7.26. The number of thiazole rings is 1. The van der Waals surface area contributed by atoms with Crippen LogP contribution in [0.4, 0.5) is 0 Å². The molecule has 0 aliphatic heterocycles. The lowest BCUT2D eigenvalue weighted by atomic mass is 9.98. The molecular weight excluding hydrogens is 376 g/mol. The summed E-state index contributed by atoms with van der Waals surface area (Å²) in [5.41, 5.74) is 7.97. The summed E-state index contributed by atoms with van der Waals surface area (Å²) in [4.78, 5) is 4.63. The Morgan fingerprint density at radius 3 is 2.31 bits per heavy atom. The van der Waals surface area contributed by atoms with E-state index in [1.165, 1.54) is 27.0 Å². The first-order valence-corrected chi connectivity index (χ1v) is 10.4. The van der Waals surface area contributed by atoms with E-state index in [1.54, 1.807) is 17.7 Å². The summed E-state index contributed by atoms with van der Waals surface area (Å²) in [6.45, 7) is 6.32. The molecule has 5 rings (SSSR count). The fourth-order valence-electron chi connectivity index (χ4n) is 3.91. The number of aromatic nitrogens is 4. The van der Waals surface area contributed by atoms with Gasteiger partial charge in [0.05, 0.1) is 20.9 Å². The predicted molar refractivity (Wildman–Crippen MR) is 120 cm³/mol. The molecule has 0 amide bonds. The van der Waals surface area contributed by atoms with Gasteiger partial charge >= 0.3 is 0 Å². The molecule has 5 aromatic rings. The van der Waals surface area contributed by atoms with Gasteiger partial charge in [-0.05, 0) is 73.4 Å². The summed E-state index contributed by atoms with van der Waals surface area (Å²) in [6.07, 6.45) is 1.79. The van der Waals surface area contributed by atoms with Crippen LogP contribution in [-0.4, -0.2) is 19.7 Å². The van der Waals surface area contributed by atoms with E-state index in [9.17, 15) is 0 Å². The van der Waals surface area contributed by atoms with E-state index < -0.39 is 0 Å². The van der Waals surface area contributed by atoms with Gasteiger partial charge in [0, 0.05) is 5.56 Å². The molecule has 3 aromatic carbocycles. The summed E-state index contributed by atoms with van der Waals surface area (Å²) in [6, 6.07) is 21.2. The van der Waals surface area contributed by atoms with Crippen molar-refractivity contribution in [2.45, 2.75) is 20.8 Å². The maximum atomic E-state index is 4.63. The summed E-state index contributed by atoms with van der Waals surface area (Å²) in [7, 11) is 0. The largest absolute Gasteiger partial charge is 0.281 e. The van der Waals surface area contributed by atoms with Crippen molar-refractivity contribution >= 4 is 21.6 Å². The number of nitrogens with zero attached hydrogens (tertiary/aromatic N) is 4. The minimum Gasteiger partial charge on any atom is -0.281 e. The first kappa shape index (κ1) is 17.8. The van der Waals surface area contributed by atoms with E-state index in [0.29, 0.717) is 0 Å². The van der Waals surface area contributed by atoms with Gasteiger partial charge in [-0.3, -0.25) is 4.57 Å². The molecule has 0 unspecified atom stereocenters. The van der Waals surface area contributed by atoms with Crippen molar-refractivity contribution in [1.29, 1.82) is 0 Å². The van der Waals surface area contributed by atoms with Gasteiger partial charge in [-0.25, -0.2) is 4.98 Å². The average molecular weight is 397 g/mol. The van der Waals surface area contributed by atoms with Gasteiger partial charge in [0.2, 0.25) is 0 Å². The van der Waals surface area contributed by atoms with E-state index in [0.717, 1.165) is 27.6 Å². The van der Waals surface area contributed by atoms with Gasteiger partial charge < -0.3 is 0 Å². The summed E-state index contributed by atoms with van der Waals surface area (Å²) in [5, 5.41) is 9.72. The van der Waals surface area contributed by atoms with Gasteiger partial charge in [0.1, 0.15) is 6.33 Å². The molecule has 4 nitrogen and oxygen atoms in total. The van der Waals surface area contributed by atoms with E-state index in [1.807, 2.05) is 13.0 Å². The molecule has 5 heteroatoms. The van der Waals surface area contributed by atoms with Crippen molar-refractivity contribution in [3.63, 3.8) is 0 Å². The normalized spacial score (nSPS) is 11.3. The standard InChI is InChI=1S/C24H20N4S/c1-15-11-20(18-7-5-4-6-8-18)12-16(2)23(15)28-14-25-27-24(28)19-9-10-22-21(13-19)26-17(3)29-22/h4-14H,1-3H3. The number of benzene rings is 3. The van der Waals surface area contributed by atoms with E-state index in [4.69, 9.17) is 0 Å². The molecule has 0 bridgehead atoms. The Hall–Kier alpha value is -3.31. The number of hydrogen-bond acceptors (Lipinski definition) is 4. The minimum atomic E-state index is 0.830. The molecule has 0 spiro atoms. The zero-order valence-corrected chi connectivity index (χ0v) is 17.4. The predicted octanol–water partition coefficient (Wildman–Crippen LogP) is 6.14. The molecule has 0 saturated carbocycles. The fourth-order valence-corrected chi connectivity index (χ4v) is 4.72. The highest BCUT2D eigenvalue weighted by atomic mass is 32.1. The smallest absolute Gasteiger partial charge is 0.168 e. The van der Waals surface area contributed by atoms with Crippen LogP contribution in [0.3, 0.4) is 0 Å². The zero-order chi connectivity index (χ0) is 20.0. The maximum Gasteiger partial charge on any atom is 0.168 e. The SMILES string of the molecule is Cc1nc2cc(-c3nncn3-c3c(C)cc(-c4ccccc4)cc3C)ccc2s1. The molecule has 0 aliphatic rings. The van der Waals surface area contributed by atoms with Crippen molar-refractivity contribution in [3.05, 3.63) is 83.1 Å². The Morgan fingerprint density at radius 1 is 0.793 bits per heavy atom. The molecule has 0 fully saturated rings. The van der Waals surface area contributed by atoms with Gasteiger partial charge in [0.25, 0.3) is 0 Å². The Bertz CT molecular complexity index is 1310. The lowest BCUT2D eigenvalue weighted by molar-refractivity contribution is 1.03. The fraction of sp³-hybridized carbons (Fsp3) is 0.125. The zero-order valence-electron chi connectivity index (χ0n) is 16.5. The van der Waals surface area contributed by atoms with Gasteiger partial charge in [0.15, 0.2) is 5.82 Å². The first-order valence-electron chi connectivity index (χ1n) is 9.55. The van der Waals surface area contributed by atoms with Crippen LogP contribution in [0.1, 0.15) is 16.1 Å². The quantitative estimate of drug-likeness (QED) is 0.368. The van der Waals surface area contributed by atoms with Crippen molar-refractivity contribution in [3.8, 4) is 28.2 Å².